The number of carbonyl (C=O) groups excluding carboxylic acids is 4. The molecule has 4 atom stereocenters. The number of carbonyl (C=O) groups is 4. The fourth-order valence-electron chi connectivity index (χ4n) is 18.9. The van der Waals surface area contributed by atoms with Crippen molar-refractivity contribution in [2.45, 2.75) is 173 Å². The van der Waals surface area contributed by atoms with E-state index in [1.54, 1.807) is 6.07 Å². The van der Waals surface area contributed by atoms with E-state index in [0.717, 1.165) is 184 Å². The van der Waals surface area contributed by atoms with Gasteiger partial charge in [0.15, 0.2) is 46.0 Å². The molecular weight excluding hydrogens is 1560 g/mol. The summed E-state index contributed by atoms with van der Waals surface area (Å²) in [4.78, 5) is 88.0. The number of fused-ring (bicyclic) bond motifs is 13. The Kier molecular flexibility index (Phi) is 26.5. The first-order valence-electron chi connectivity index (χ1n) is 45.1. The molecule has 12 heterocycles. The van der Waals surface area contributed by atoms with Crippen LogP contribution in [0.25, 0.3) is 11.1 Å². The number of aliphatic imine (C=N–C) groups is 3. The number of likely N-dealkylation sites (N-methyl/N-ethyl adjacent to an activating group) is 2. The minimum Gasteiger partial charge on any atom is -0.490 e. The number of hydrogen-bond acceptors (Lipinski definition) is 19. The van der Waals surface area contributed by atoms with Crippen LogP contribution in [0.1, 0.15) is 198 Å². The Balaban J connectivity index is 0.000000183. The van der Waals surface area contributed by atoms with E-state index in [4.69, 9.17) is 52.9 Å². The van der Waals surface area contributed by atoms with Crippen LogP contribution in [0.5, 0.6) is 46.0 Å². The number of anilines is 2. The van der Waals surface area contributed by atoms with Crippen LogP contribution >= 0.6 is 0 Å². The number of ether oxygens (including phenoxy) is 8. The van der Waals surface area contributed by atoms with Crippen LogP contribution in [0.3, 0.4) is 0 Å². The number of piperazine rings is 2. The van der Waals surface area contributed by atoms with Crippen LogP contribution in [-0.4, -0.2) is 222 Å². The molecule has 0 bridgehead atoms. The predicted octanol–water partition coefficient (Wildman–Crippen LogP) is 17.7. The zero-order valence-corrected chi connectivity index (χ0v) is 71.6. The van der Waals surface area contributed by atoms with Crippen LogP contribution in [0, 0.1) is 6.92 Å². The molecule has 19 rings (SSSR count). The SMILES string of the molecule is C.C=C1C[C@H]2C=Nc3cc4c(cc3C(=O)N2C1)OCCCCCCCCOc1cc2c(cc1OCCCO4)N=C[C@@H]1Cc3ccc(C)cc3CN1C2=O.CN1CCN(c2ccc(C3=CN4C(=O)c5cc6c(cc5CC[C@@H]4C3)OCCCOc3cc4c(cc3OCCCCCCCCO6)C(=O)N3C=C(c5ccc(N6CCN(C)CC6)cc5)C[C@H]3C=N4)cc2)CC1. The van der Waals surface area contributed by atoms with Gasteiger partial charge < -0.3 is 77.1 Å². The first-order chi connectivity index (χ1) is 60.2. The molecule has 0 saturated carbocycles. The molecule has 0 spiro atoms. The van der Waals surface area contributed by atoms with Gasteiger partial charge in [-0.3, -0.25) is 34.2 Å². The average Bonchev–Trinajstić information content (AvgIpc) is 1.60. The largest absolute Gasteiger partial charge is 0.490 e. The van der Waals surface area contributed by atoms with Crippen LogP contribution in [0.2, 0.25) is 0 Å². The van der Waals surface area contributed by atoms with E-state index in [-0.39, 0.29) is 55.2 Å². The zero-order valence-electron chi connectivity index (χ0n) is 71.6. The van der Waals surface area contributed by atoms with Crippen LogP contribution in [0.15, 0.2) is 155 Å². The Bertz CT molecular complexity index is 5260. The maximum Gasteiger partial charge on any atom is 0.260 e. The summed E-state index contributed by atoms with van der Waals surface area (Å²) in [6.45, 7) is 19.3. The lowest BCUT2D eigenvalue weighted by molar-refractivity contribution is 0.0701. The number of rotatable bonds is 4. The second-order valence-corrected chi connectivity index (χ2v) is 35.0. The molecule has 7 aromatic rings. The topological polar surface area (TPSA) is 205 Å². The smallest absolute Gasteiger partial charge is 0.260 e. The summed E-state index contributed by atoms with van der Waals surface area (Å²) in [6.07, 6.45) is 27.6. The lowest BCUT2D eigenvalue weighted by Crippen LogP contribution is -2.44. The van der Waals surface area contributed by atoms with Crippen molar-refractivity contribution in [1.29, 1.82) is 0 Å². The predicted molar refractivity (Wildman–Crippen MR) is 488 cm³/mol. The van der Waals surface area contributed by atoms with Crippen molar-refractivity contribution in [3.63, 3.8) is 0 Å². The van der Waals surface area contributed by atoms with E-state index in [0.29, 0.717) is 171 Å². The van der Waals surface area contributed by atoms with Crippen molar-refractivity contribution in [3.8, 4) is 46.0 Å². The molecule has 12 aliphatic rings. The van der Waals surface area contributed by atoms with Gasteiger partial charge in [0.05, 0.1) is 105 Å². The summed E-state index contributed by atoms with van der Waals surface area (Å²) < 4.78 is 51.0. The van der Waals surface area contributed by atoms with Crippen molar-refractivity contribution in [1.82, 2.24) is 29.4 Å². The third-order valence-corrected chi connectivity index (χ3v) is 26.1. The summed E-state index contributed by atoms with van der Waals surface area (Å²) in [5, 5.41) is 0. The maximum atomic E-state index is 14.4. The van der Waals surface area contributed by atoms with Gasteiger partial charge in [0.25, 0.3) is 23.6 Å². The normalized spacial score (nSPS) is 22.3. The summed E-state index contributed by atoms with van der Waals surface area (Å²) >= 11 is 0. The molecule has 0 aromatic heterocycles. The standard InChI is InChI=1S/C58H69N7O6.C42H46N4O6.CH4/c1-60-20-24-62(25-21-60)46-15-10-41(11-16-46)44-32-48-19-14-43-34-53-54(35-50(43)57(66)64(48)39-44)68-28-7-5-3-4-6-8-29-69-55-36-51-52(37-56(55)71-31-9-30-70-53)59-38-49-33-45(40-65(49)58(51)67)42-12-17-47(18-13-42)63-26-22-61(2)23-27-63;1-27-10-11-29-18-32-24-44-36-22-40-38(20-34(36)42(48)46(32)26-30(29)16-27)50-13-8-6-4-3-5-7-12-49-37-19-33-35(21-39(37)51-14-9-15-52-40)43-23-31-17-28(2)25-45(31)41(33)47;/h10-13,15-18,34-40,48-49H,3-9,14,19-33H2,1-2H3;10-11,16,19-24,31-32H,2-9,12-15,17-18,25-26H2,1H3;1H4/t48-,49+;31-,32-;/m10./s1. The molecule has 0 radical (unpaired) electrons. The molecule has 0 aliphatic carbocycles. The van der Waals surface area contributed by atoms with Crippen LogP contribution in [-0.2, 0) is 19.4 Å². The lowest BCUT2D eigenvalue weighted by Gasteiger charge is -2.34. The number of nitrogens with zero attached hydrogens (tertiary/aromatic N) is 11. The molecule has 650 valence electrons. The summed E-state index contributed by atoms with van der Waals surface area (Å²) in [5.74, 6) is 4.45. The molecule has 12 aliphatic heterocycles. The monoisotopic (exact) mass is 1680 g/mol. The van der Waals surface area contributed by atoms with Gasteiger partial charge in [-0.1, -0.05) is 119 Å². The summed E-state index contributed by atoms with van der Waals surface area (Å²) in [6, 6.07) is 38.8. The molecule has 7 aromatic carbocycles. The molecule has 0 N–H and O–H groups in total. The van der Waals surface area contributed by atoms with Crippen molar-refractivity contribution in [2.24, 2.45) is 15.0 Å². The number of benzene rings is 7. The Morgan fingerprint density at radius 3 is 1.23 bits per heavy atom. The molecule has 4 amide bonds. The first kappa shape index (κ1) is 84.8. The van der Waals surface area contributed by atoms with Crippen molar-refractivity contribution >= 4 is 81.9 Å². The van der Waals surface area contributed by atoms with E-state index in [2.05, 4.69) is 120 Å². The second kappa shape index (κ2) is 38.8. The third kappa shape index (κ3) is 19.1. The fourth-order valence-corrected chi connectivity index (χ4v) is 18.9. The van der Waals surface area contributed by atoms with Crippen molar-refractivity contribution in [2.75, 3.05) is 136 Å². The Morgan fingerprint density at radius 1 is 0.355 bits per heavy atom. The van der Waals surface area contributed by atoms with Gasteiger partial charge in [-0.2, -0.15) is 0 Å². The molecular formula is C101H119N11O12. The lowest BCUT2D eigenvalue weighted by atomic mass is 9.93. The molecule has 0 unspecified atom stereocenters. The first-order valence-corrected chi connectivity index (χ1v) is 45.1. The van der Waals surface area contributed by atoms with E-state index in [1.165, 1.54) is 39.2 Å². The highest BCUT2D eigenvalue weighted by molar-refractivity contribution is 6.07. The van der Waals surface area contributed by atoms with E-state index in [1.807, 2.05) is 86.9 Å². The van der Waals surface area contributed by atoms with E-state index < -0.39 is 0 Å². The highest BCUT2D eigenvalue weighted by Crippen LogP contribution is 2.46. The van der Waals surface area contributed by atoms with Crippen molar-refractivity contribution < 1.29 is 57.1 Å². The van der Waals surface area contributed by atoms with Crippen LogP contribution in [0.4, 0.5) is 28.4 Å². The van der Waals surface area contributed by atoms with E-state index >= 15 is 0 Å². The molecule has 23 nitrogen and oxygen atoms in total. The fraction of sp³-hybridized carbons (Fsp3) is 0.455. The molecule has 3 saturated heterocycles. The number of amides is 4. The molecule has 3 fully saturated rings. The van der Waals surface area contributed by atoms with Crippen molar-refractivity contribution in [3.05, 3.63) is 195 Å². The Labute approximate surface area is 729 Å². The van der Waals surface area contributed by atoms with Gasteiger partial charge >= 0.3 is 0 Å². The molecule has 124 heavy (non-hydrogen) atoms. The van der Waals surface area contributed by atoms with Gasteiger partial charge in [-0.15, -0.1) is 0 Å². The van der Waals surface area contributed by atoms with Gasteiger partial charge in [0.2, 0.25) is 0 Å². The van der Waals surface area contributed by atoms with Crippen LogP contribution < -0.4 is 47.7 Å². The van der Waals surface area contributed by atoms with Gasteiger partial charge in [-0.25, -0.2) is 0 Å². The van der Waals surface area contributed by atoms with Gasteiger partial charge in [-0.05, 0) is 172 Å². The third-order valence-electron chi connectivity index (χ3n) is 26.1. The highest BCUT2D eigenvalue weighted by Gasteiger charge is 2.40. The highest BCUT2D eigenvalue weighted by atomic mass is 16.5. The Morgan fingerprint density at radius 2 is 0.742 bits per heavy atom. The number of hydrogen-bond donors (Lipinski definition) is 0. The van der Waals surface area contributed by atoms with Gasteiger partial charge in [0, 0.05) is 157 Å². The van der Waals surface area contributed by atoms with E-state index in [9.17, 15) is 19.2 Å². The molecule has 23 heteroatoms. The summed E-state index contributed by atoms with van der Waals surface area (Å²) in [7, 11) is 4.36. The minimum atomic E-state index is -0.178. The quantitative estimate of drug-likeness (QED) is 0.150. The average molecular weight is 1680 g/mol. The number of aryl methyl sites for hydroxylation is 2. The maximum absolute atomic E-state index is 14.4. The van der Waals surface area contributed by atoms with Gasteiger partial charge in [0.1, 0.15) is 0 Å². The second-order valence-electron chi connectivity index (χ2n) is 35.0. The summed E-state index contributed by atoms with van der Waals surface area (Å²) in [5.41, 5.74) is 16.8. The zero-order chi connectivity index (χ0) is 83.9. The Hall–Kier alpha value is -11.4. The minimum absolute atomic E-state index is 0.